The van der Waals surface area contributed by atoms with Crippen molar-refractivity contribution in [1.29, 1.82) is 0 Å². The van der Waals surface area contributed by atoms with Crippen LogP contribution < -0.4 is 5.32 Å². The highest BCUT2D eigenvalue weighted by Gasteiger charge is 2.29. The summed E-state index contributed by atoms with van der Waals surface area (Å²) in [5.41, 5.74) is 2.88. The van der Waals surface area contributed by atoms with Crippen LogP contribution in [-0.2, 0) is 26.2 Å². The molecule has 7 nitrogen and oxygen atoms in total. The zero-order chi connectivity index (χ0) is 22.5. The summed E-state index contributed by atoms with van der Waals surface area (Å²) in [7, 11) is -0.965. The molecule has 0 aliphatic rings. The second kappa shape index (κ2) is 9.86. The van der Waals surface area contributed by atoms with E-state index in [4.69, 9.17) is 0 Å². The van der Waals surface area contributed by atoms with Crippen LogP contribution in [0.25, 0.3) is 0 Å². The first-order valence-electron chi connectivity index (χ1n) is 9.66. The van der Waals surface area contributed by atoms with Crippen molar-refractivity contribution >= 4 is 21.8 Å². The molecule has 2 aromatic rings. The predicted octanol–water partition coefficient (Wildman–Crippen LogP) is 2.09. The van der Waals surface area contributed by atoms with Crippen molar-refractivity contribution < 1.29 is 18.0 Å². The van der Waals surface area contributed by atoms with E-state index in [9.17, 15) is 18.0 Å². The van der Waals surface area contributed by atoms with Crippen molar-refractivity contribution in [3.05, 3.63) is 65.2 Å². The minimum absolute atomic E-state index is 0.118. The Bertz CT molecular complexity index is 986. The van der Waals surface area contributed by atoms with E-state index in [2.05, 4.69) is 5.32 Å². The number of aryl methyl sites for hydroxylation is 2. The summed E-state index contributed by atoms with van der Waals surface area (Å²) >= 11 is 0. The molecule has 0 bridgehead atoms. The zero-order valence-corrected chi connectivity index (χ0v) is 18.9. The third kappa shape index (κ3) is 5.67. The average molecular weight is 432 g/mol. The highest BCUT2D eigenvalue weighted by Crippen LogP contribution is 2.17. The van der Waals surface area contributed by atoms with Gasteiger partial charge in [0.15, 0.2) is 0 Å². The van der Waals surface area contributed by atoms with Gasteiger partial charge in [0, 0.05) is 20.6 Å². The number of carbonyl (C=O) groups excluding carboxylic acids is 2. The summed E-state index contributed by atoms with van der Waals surface area (Å²) in [6, 6.07) is 13.3. The van der Waals surface area contributed by atoms with E-state index in [1.165, 1.54) is 31.1 Å². The van der Waals surface area contributed by atoms with Gasteiger partial charge in [-0.3, -0.25) is 9.59 Å². The molecule has 0 saturated carbocycles. The maximum absolute atomic E-state index is 13.1. The van der Waals surface area contributed by atoms with E-state index in [-0.39, 0.29) is 23.9 Å². The standard InChI is InChI=1S/C22H29N3O4S/c1-16-6-10-19(11-7-16)14-25(18(3)22(27)23-4)21(26)15-24(5)30(28,29)20-12-8-17(2)9-13-20/h6-13,18H,14-15H2,1-5H3,(H,23,27)/t18-/m0/s1. The van der Waals surface area contributed by atoms with Gasteiger partial charge in [-0.1, -0.05) is 47.5 Å². The van der Waals surface area contributed by atoms with Crippen LogP contribution in [0.2, 0.25) is 0 Å². The number of carbonyl (C=O) groups is 2. The lowest BCUT2D eigenvalue weighted by Crippen LogP contribution is -2.50. The normalized spacial score (nSPS) is 12.5. The Morgan fingerprint density at radius 1 is 0.967 bits per heavy atom. The highest BCUT2D eigenvalue weighted by atomic mass is 32.2. The van der Waals surface area contributed by atoms with Crippen LogP contribution in [0.1, 0.15) is 23.6 Å². The Morgan fingerprint density at radius 3 is 1.97 bits per heavy atom. The molecule has 0 radical (unpaired) electrons. The van der Waals surface area contributed by atoms with Gasteiger partial charge in [-0.2, -0.15) is 4.31 Å². The third-order valence-corrected chi connectivity index (χ3v) is 6.79. The van der Waals surface area contributed by atoms with Crippen LogP contribution in [0.4, 0.5) is 0 Å². The van der Waals surface area contributed by atoms with Crippen molar-refractivity contribution in [1.82, 2.24) is 14.5 Å². The van der Waals surface area contributed by atoms with Gasteiger partial charge in [0.25, 0.3) is 0 Å². The highest BCUT2D eigenvalue weighted by molar-refractivity contribution is 7.89. The van der Waals surface area contributed by atoms with Gasteiger partial charge in [0.2, 0.25) is 21.8 Å². The average Bonchev–Trinajstić information content (AvgIpc) is 2.72. The molecular weight excluding hydrogens is 402 g/mol. The SMILES string of the molecule is CNC(=O)[C@H](C)N(Cc1ccc(C)cc1)C(=O)CN(C)S(=O)(=O)c1ccc(C)cc1. The number of amides is 2. The number of sulfonamides is 1. The van der Waals surface area contributed by atoms with Crippen molar-refractivity contribution in [2.45, 2.75) is 38.3 Å². The molecule has 1 atom stereocenters. The minimum Gasteiger partial charge on any atom is -0.357 e. The quantitative estimate of drug-likeness (QED) is 0.693. The molecule has 0 saturated heterocycles. The number of hydrogen-bond donors (Lipinski definition) is 1. The summed E-state index contributed by atoms with van der Waals surface area (Å²) < 4.78 is 26.7. The van der Waals surface area contributed by atoms with Crippen LogP contribution >= 0.6 is 0 Å². The van der Waals surface area contributed by atoms with Gasteiger partial charge in [0.1, 0.15) is 6.04 Å². The summed E-state index contributed by atoms with van der Waals surface area (Å²) in [6.07, 6.45) is 0. The fourth-order valence-corrected chi connectivity index (χ4v) is 4.06. The lowest BCUT2D eigenvalue weighted by molar-refractivity contribution is -0.140. The topological polar surface area (TPSA) is 86.8 Å². The number of nitrogens with one attached hydrogen (secondary N) is 1. The van der Waals surface area contributed by atoms with E-state index in [1.54, 1.807) is 19.1 Å². The van der Waals surface area contributed by atoms with E-state index in [1.807, 2.05) is 38.1 Å². The maximum atomic E-state index is 13.1. The molecule has 1 N–H and O–H groups in total. The second-order valence-corrected chi connectivity index (χ2v) is 9.42. The Balaban J connectivity index is 2.24. The molecule has 2 rings (SSSR count). The minimum atomic E-state index is -3.83. The van der Waals surface area contributed by atoms with Gasteiger partial charge in [-0.25, -0.2) is 8.42 Å². The van der Waals surface area contributed by atoms with Crippen molar-refractivity contribution in [2.75, 3.05) is 20.6 Å². The summed E-state index contributed by atoms with van der Waals surface area (Å²) in [6.45, 7) is 5.28. The summed E-state index contributed by atoms with van der Waals surface area (Å²) in [5, 5.41) is 2.54. The Hall–Kier alpha value is -2.71. The van der Waals surface area contributed by atoms with Gasteiger partial charge < -0.3 is 10.2 Å². The van der Waals surface area contributed by atoms with E-state index >= 15 is 0 Å². The first-order valence-corrected chi connectivity index (χ1v) is 11.1. The number of benzene rings is 2. The molecule has 0 unspecified atom stereocenters. The maximum Gasteiger partial charge on any atom is 0.243 e. The lowest BCUT2D eigenvalue weighted by Gasteiger charge is -2.30. The molecule has 0 spiro atoms. The molecular formula is C22H29N3O4S. The number of rotatable bonds is 8. The molecule has 30 heavy (non-hydrogen) atoms. The molecule has 0 aromatic heterocycles. The van der Waals surface area contributed by atoms with Gasteiger partial charge in [-0.05, 0) is 38.5 Å². The molecule has 0 fully saturated rings. The Kier molecular flexibility index (Phi) is 7.75. The summed E-state index contributed by atoms with van der Waals surface area (Å²) in [4.78, 5) is 26.8. The molecule has 0 aliphatic heterocycles. The molecule has 8 heteroatoms. The lowest BCUT2D eigenvalue weighted by atomic mass is 10.1. The first-order chi connectivity index (χ1) is 14.1. The zero-order valence-electron chi connectivity index (χ0n) is 18.0. The summed E-state index contributed by atoms with van der Waals surface area (Å²) in [5.74, 6) is -0.774. The van der Waals surface area contributed by atoms with Gasteiger partial charge >= 0.3 is 0 Å². The molecule has 0 aliphatic carbocycles. The fourth-order valence-electron chi connectivity index (χ4n) is 2.94. The second-order valence-electron chi connectivity index (χ2n) is 7.37. The van der Waals surface area contributed by atoms with Crippen LogP contribution in [0, 0.1) is 13.8 Å². The smallest absolute Gasteiger partial charge is 0.243 e. The third-order valence-electron chi connectivity index (χ3n) is 4.97. The van der Waals surface area contributed by atoms with Crippen molar-refractivity contribution in [3.63, 3.8) is 0 Å². The number of nitrogens with zero attached hydrogens (tertiary/aromatic N) is 2. The van der Waals surface area contributed by atoms with E-state index < -0.39 is 22.0 Å². The predicted molar refractivity (Wildman–Crippen MR) is 116 cm³/mol. The fraction of sp³-hybridized carbons (Fsp3) is 0.364. The first kappa shape index (κ1) is 23.6. The largest absolute Gasteiger partial charge is 0.357 e. The van der Waals surface area contributed by atoms with Crippen LogP contribution in [0.5, 0.6) is 0 Å². The van der Waals surface area contributed by atoms with Crippen LogP contribution in [0.3, 0.4) is 0 Å². The van der Waals surface area contributed by atoms with Gasteiger partial charge in [0.05, 0.1) is 11.4 Å². The Morgan fingerprint density at radius 2 is 1.47 bits per heavy atom. The van der Waals surface area contributed by atoms with E-state index in [0.29, 0.717) is 0 Å². The number of likely N-dealkylation sites (N-methyl/N-ethyl adjacent to an activating group) is 2. The van der Waals surface area contributed by atoms with Crippen LogP contribution in [0.15, 0.2) is 53.4 Å². The molecule has 2 aromatic carbocycles. The van der Waals surface area contributed by atoms with Crippen LogP contribution in [-0.4, -0.2) is 56.1 Å². The molecule has 0 heterocycles. The molecule has 162 valence electrons. The number of hydrogen-bond acceptors (Lipinski definition) is 4. The van der Waals surface area contributed by atoms with Crippen molar-refractivity contribution in [3.8, 4) is 0 Å². The van der Waals surface area contributed by atoms with Crippen molar-refractivity contribution in [2.24, 2.45) is 0 Å². The van der Waals surface area contributed by atoms with Gasteiger partial charge in [-0.15, -0.1) is 0 Å². The monoisotopic (exact) mass is 431 g/mol. The van der Waals surface area contributed by atoms with E-state index in [0.717, 1.165) is 21.0 Å². The Labute approximate surface area is 178 Å². The molecule has 2 amide bonds.